The van der Waals surface area contributed by atoms with Crippen LogP contribution < -0.4 is 4.74 Å². The molecule has 0 atom stereocenters. The highest BCUT2D eigenvalue weighted by Crippen LogP contribution is 2.34. The van der Waals surface area contributed by atoms with Crippen molar-refractivity contribution in [2.24, 2.45) is 0 Å². The van der Waals surface area contributed by atoms with E-state index < -0.39 is 17.9 Å². The molecule has 3 rings (SSSR count). The average molecular weight is 475 g/mol. The smallest absolute Gasteiger partial charge is 0.201 e. The van der Waals surface area contributed by atoms with E-state index in [4.69, 9.17) is 14.2 Å². The fraction of sp³-hybridized carbons (Fsp3) is 0.586. The molecule has 1 aliphatic rings. The Hall–Kier alpha value is -1.98. The molecule has 2 aromatic carbocycles. The number of rotatable bonds is 14. The molecule has 188 valence electrons. The number of benzene rings is 2. The third-order valence-electron chi connectivity index (χ3n) is 6.50. The van der Waals surface area contributed by atoms with E-state index in [1.54, 1.807) is 0 Å². The standard InChI is InChI=1S/C29H40F2O3/c1-3-5-7-9-10-12-22-13-15-23(16-14-22)24-20-33-29(34-21-24)25-17-18-26(28(31)27(25)30)32-19-11-8-6-4-2/h13-18,24,29H,3-12,19-21H2,1-2H3. The zero-order valence-corrected chi connectivity index (χ0v) is 20.8. The molecule has 0 N–H and O–H groups in total. The SMILES string of the molecule is CCCCCCCc1ccc(C2COC(c3ccc(OCCCCCC)c(F)c3F)OC2)cc1. The van der Waals surface area contributed by atoms with Crippen molar-refractivity contribution >= 4 is 0 Å². The Morgan fingerprint density at radius 3 is 2.09 bits per heavy atom. The minimum Gasteiger partial charge on any atom is -0.490 e. The number of unbranched alkanes of at least 4 members (excludes halogenated alkanes) is 7. The van der Waals surface area contributed by atoms with Gasteiger partial charge in [-0.2, -0.15) is 4.39 Å². The van der Waals surface area contributed by atoms with E-state index in [0.717, 1.165) is 37.7 Å². The predicted octanol–water partition coefficient (Wildman–Crippen LogP) is 8.27. The molecule has 1 saturated heterocycles. The van der Waals surface area contributed by atoms with Gasteiger partial charge >= 0.3 is 0 Å². The van der Waals surface area contributed by atoms with Crippen LogP contribution in [0.2, 0.25) is 0 Å². The summed E-state index contributed by atoms with van der Waals surface area (Å²) >= 11 is 0. The van der Waals surface area contributed by atoms with Crippen LogP contribution in [-0.4, -0.2) is 19.8 Å². The van der Waals surface area contributed by atoms with E-state index in [0.29, 0.717) is 19.8 Å². The molecule has 0 aromatic heterocycles. The van der Waals surface area contributed by atoms with Crippen LogP contribution in [0.4, 0.5) is 8.78 Å². The first kappa shape index (κ1) is 26.6. The zero-order chi connectivity index (χ0) is 24.2. The van der Waals surface area contributed by atoms with Gasteiger partial charge in [0.05, 0.1) is 19.8 Å². The molecule has 2 aromatic rings. The molecule has 3 nitrogen and oxygen atoms in total. The number of hydrogen-bond donors (Lipinski definition) is 0. The number of halogens is 2. The molecule has 0 bridgehead atoms. The van der Waals surface area contributed by atoms with Gasteiger partial charge in [0, 0.05) is 11.5 Å². The number of ether oxygens (including phenoxy) is 3. The molecule has 0 saturated carbocycles. The maximum Gasteiger partial charge on any atom is 0.201 e. The normalized spacial score (nSPS) is 18.2. The van der Waals surface area contributed by atoms with Crippen LogP contribution in [-0.2, 0) is 15.9 Å². The Labute approximate surface area is 203 Å². The maximum atomic E-state index is 14.7. The van der Waals surface area contributed by atoms with Gasteiger partial charge < -0.3 is 14.2 Å². The lowest BCUT2D eigenvalue weighted by Gasteiger charge is -2.30. The first-order chi connectivity index (χ1) is 16.6. The summed E-state index contributed by atoms with van der Waals surface area (Å²) in [4.78, 5) is 0. The van der Waals surface area contributed by atoms with Crippen molar-refractivity contribution in [3.05, 3.63) is 64.7 Å². The summed E-state index contributed by atoms with van der Waals surface area (Å²) in [5, 5.41) is 0. The molecular weight excluding hydrogens is 434 g/mol. The maximum absolute atomic E-state index is 14.7. The summed E-state index contributed by atoms with van der Waals surface area (Å²) < 4.78 is 46.2. The van der Waals surface area contributed by atoms with Gasteiger partial charge in [-0.25, -0.2) is 4.39 Å². The fourth-order valence-corrected chi connectivity index (χ4v) is 4.32. The minimum atomic E-state index is -0.979. The zero-order valence-electron chi connectivity index (χ0n) is 20.8. The molecule has 5 heteroatoms. The van der Waals surface area contributed by atoms with Gasteiger partial charge in [0.25, 0.3) is 0 Å². The lowest BCUT2D eigenvalue weighted by molar-refractivity contribution is -0.193. The van der Waals surface area contributed by atoms with Crippen LogP contribution in [0.3, 0.4) is 0 Å². The fourth-order valence-electron chi connectivity index (χ4n) is 4.32. The Kier molecular flexibility index (Phi) is 11.3. The first-order valence-corrected chi connectivity index (χ1v) is 13.1. The highest BCUT2D eigenvalue weighted by atomic mass is 19.2. The van der Waals surface area contributed by atoms with E-state index in [1.165, 1.54) is 49.8 Å². The monoisotopic (exact) mass is 474 g/mol. The molecule has 0 radical (unpaired) electrons. The van der Waals surface area contributed by atoms with Gasteiger partial charge in [-0.05, 0) is 42.5 Å². The summed E-state index contributed by atoms with van der Waals surface area (Å²) in [7, 11) is 0. The summed E-state index contributed by atoms with van der Waals surface area (Å²) in [6.07, 6.45) is 10.7. The van der Waals surface area contributed by atoms with E-state index in [2.05, 4.69) is 38.1 Å². The third kappa shape index (κ3) is 7.78. The van der Waals surface area contributed by atoms with Crippen molar-refractivity contribution in [3.63, 3.8) is 0 Å². The molecule has 0 unspecified atom stereocenters. The highest BCUT2D eigenvalue weighted by Gasteiger charge is 2.28. The van der Waals surface area contributed by atoms with Gasteiger partial charge in [-0.3, -0.25) is 0 Å². The Morgan fingerprint density at radius 1 is 0.765 bits per heavy atom. The second-order valence-corrected chi connectivity index (χ2v) is 9.29. The largest absolute Gasteiger partial charge is 0.490 e. The van der Waals surface area contributed by atoms with E-state index in [9.17, 15) is 8.78 Å². The van der Waals surface area contributed by atoms with Crippen LogP contribution in [0.25, 0.3) is 0 Å². The average Bonchev–Trinajstić information content (AvgIpc) is 2.87. The summed E-state index contributed by atoms with van der Waals surface area (Å²) in [6.45, 7) is 5.54. The molecule has 0 spiro atoms. The van der Waals surface area contributed by atoms with E-state index in [-0.39, 0.29) is 17.2 Å². The lowest BCUT2D eigenvalue weighted by Crippen LogP contribution is -2.26. The van der Waals surface area contributed by atoms with Crippen molar-refractivity contribution in [1.82, 2.24) is 0 Å². The van der Waals surface area contributed by atoms with Crippen LogP contribution in [0, 0.1) is 11.6 Å². The lowest BCUT2D eigenvalue weighted by atomic mass is 9.97. The molecule has 34 heavy (non-hydrogen) atoms. The quantitative estimate of drug-likeness (QED) is 0.258. The van der Waals surface area contributed by atoms with Crippen LogP contribution in [0.15, 0.2) is 36.4 Å². The Balaban J connectivity index is 1.48. The van der Waals surface area contributed by atoms with Crippen molar-refractivity contribution in [1.29, 1.82) is 0 Å². The van der Waals surface area contributed by atoms with Crippen LogP contribution in [0.1, 0.15) is 101 Å². The molecule has 0 aliphatic carbocycles. The van der Waals surface area contributed by atoms with Gasteiger partial charge in [0.1, 0.15) is 0 Å². The van der Waals surface area contributed by atoms with Crippen LogP contribution in [0.5, 0.6) is 5.75 Å². The predicted molar refractivity (Wildman–Crippen MR) is 132 cm³/mol. The number of hydrogen-bond acceptors (Lipinski definition) is 3. The Morgan fingerprint density at radius 2 is 1.41 bits per heavy atom. The molecule has 0 amide bonds. The van der Waals surface area contributed by atoms with Crippen LogP contribution >= 0.6 is 0 Å². The van der Waals surface area contributed by atoms with Gasteiger partial charge in [-0.15, -0.1) is 0 Å². The summed E-state index contributed by atoms with van der Waals surface area (Å²) in [5.41, 5.74) is 2.57. The molecular formula is C29H40F2O3. The highest BCUT2D eigenvalue weighted by molar-refractivity contribution is 5.32. The molecule has 1 fully saturated rings. The Bertz CT molecular complexity index is 845. The third-order valence-corrected chi connectivity index (χ3v) is 6.50. The molecule has 1 heterocycles. The second kappa shape index (κ2) is 14.4. The summed E-state index contributed by atoms with van der Waals surface area (Å²) in [6, 6.07) is 11.6. The molecule has 1 aliphatic heterocycles. The van der Waals surface area contributed by atoms with Crippen molar-refractivity contribution in [3.8, 4) is 5.75 Å². The van der Waals surface area contributed by atoms with Gasteiger partial charge in [0.2, 0.25) is 5.82 Å². The van der Waals surface area contributed by atoms with Gasteiger partial charge in [-0.1, -0.05) is 83.1 Å². The first-order valence-electron chi connectivity index (χ1n) is 13.1. The van der Waals surface area contributed by atoms with E-state index >= 15 is 0 Å². The van der Waals surface area contributed by atoms with Crippen molar-refractivity contribution in [2.75, 3.05) is 19.8 Å². The number of aryl methyl sites for hydroxylation is 1. The van der Waals surface area contributed by atoms with Crippen molar-refractivity contribution in [2.45, 2.75) is 90.3 Å². The van der Waals surface area contributed by atoms with Crippen molar-refractivity contribution < 1.29 is 23.0 Å². The topological polar surface area (TPSA) is 27.7 Å². The summed E-state index contributed by atoms with van der Waals surface area (Å²) in [5.74, 6) is -1.92. The van der Waals surface area contributed by atoms with Gasteiger partial charge in [0.15, 0.2) is 17.9 Å². The van der Waals surface area contributed by atoms with E-state index in [1.807, 2.05) is 0 Å². The second-order valence-electron chi connectivity index (χ2n) is 9.29. The minimum absolute atomic E-state index is 0.0584.